The first kappa shape index (κ1) is 18.8. The second-order valence-corrected chi connectivity index (χ2v) is 9.86. The Balaban J connectivity index is 1.84. The Morgan fingerprint density at radius 2 is 2.28 bits per heavy atom. The standard InChI is InChI=1S/C16H25N3O4S2/c1-3-23-15(20)16-5-4-7-18(11-14-17-6-8-24-14)9-13(16)10-19(12-16)25(2,21)22/h6,8,13H,3-5,7,9-12H2,1-2H3/t13-,16-/m0/s1. The zero-order valence-electron chi connectivity index (χ0n) is 14.7. The van der Waals surface area contributed by atoms with Gasteiger partial charge in [0.2, 0.25) is 10.0 Å². The molecule has 1 aromatic rings. The first-order valence-corrected chi connectivity index (χ1v) is 11.3. The van der Waals surface area contributed by atoms with Crippen molar-refractivity contribution < 1.29 is 17.9 Å². The van der Waals surface area contributed by atoms with Crippen LogP contribution in [0.25, 0.3) is 0 Å². The number of esters is 1. The lowest BCUT2D eigenvalue weighted by Gasteiger charge is -2.31. The number of carbonyl (C=O) groups is 1. The summed E-state index contributed by atoms with van der Waals surface area (Å²) < 4.78 is 31.0. The van der Waals surface area contributed by atoms with Gasteiger partial charge >= 0.3 is 5.97 Å². The number of carbonyl (C=O) groups excluding carboxylic acids is 1. The van der Waals surface area contributed by atoms with Crippen molar-refractivity contribution in [3.05, 3.63) is 16.6 Å². The molecule has 0 radical (unpaired) electrons. The summed E-state index contributed by atoms with van der Waals surface area (Å²) in [6, 6.07) is 0. The Bertz CT molecular complexity index is 707. The Kier molecular flexibility index (Phi) is 5.48. The predicted molar refractivity (Wildman–Crippen MR) is 95.6 cm³/mol. The number of nitrogens with zero attached hydrogens (tertiary/aromatic N) is 3. The lowest BCUT2D eigenvalue weighted by atomic mass is 9.75. The average molecular weight is 388 g/mol. The molecule has 140 valence electrons. The highest BCUT2D eigenvalue weighted by Gasteiger charge is 2.55. The topological polar surface area (TPSA) is 79.8 Å². The molecule has 7 nitrogen and oxygen atoms in total. The molecule has 0 saturated carbocycles. The average Bonchev–Trinajstić information content (AvgIpc) is 3.13. The van der Waals surface area contributed by atoms with Gasteiger partial charge in [0.1, 0.15) is 5.01 Å². The van der Waals surface area contributed by atoms with Crippen molar-refractivity contribution in [3.63, 3.8) is 0 Å². The third-order valence-corrected chi connectivity index (χ3v) is 7.21. The van der Waals surface area contributed by atoms with Crippen LogP contribution in [0.2, 0.25) is 0 Å². The number of ether oxygens (including phenoxy) is 1. The highest BCUT2D eigenvalue weighted by Crippen LogP contribution is 2.44. The van der Waals surface area contributed by atoms with E-state index in [9.17, 15) is 13.2 Å². The van der Waals surface area contributed by atoms with Crippen LogP contribution in [-0.2, 0) is 26.1 Å². The molecule has 0 bridgehead atoms. The van der Waals surface area contributed by atoms with Gasteiger partial charge in [-0.25, -0.2) is 17.7 Å². The summed E-state index contributed by atoms with van der Waals surface area (Å²) in [6.45, 7) is 5.03. The fourth-order valence-corrected chi connectivity index (χ4v) is 5.57. The number of fused-ring (bicyclic) bond motifs is 1. The largest absolute Gasteiger partial charge is 0.466 e. The third-order valence-electron chi connectivity index (χ3n) is 5.23. The monoisotopic (exact) mass is 387 g/mol. The van der Waals surface area contributed by atoms with Crippen LogP contribution < -0.4 is 0 Å². The Morgan fingerprint density at radius 3 is 2.92 bits per heavy atom. The molecular weight excluding hydrogens is 362 g/mol. The van der Waals surface area contributed by atoms with Gasteiger partial charge in [-0.2, -0.15) is 0 Å². The minimum absolute atomic E-state index is 0.0521. The Labute approximate surface area is 153 Å². The maximum absolute atomic E-state index is 12.8. The summed E-state index contributed by atoms with van der Waals surface area (Å²) in [5, 5.41) is 3.00. The van der Waals surface area contributed by atoms with Crippen LogP contribution in [0.1, 0.15) is 24.8 Å². The minimum Gasteiger partial charge on any atom is -0.466 e. The lowest BCUT2D eigenvalue weighted by Crippen LogP contribution is -2.42. The lowest BCUT2D eigenvalue weighted by molar-refractivity contribution is -0.157. The third kappa shape index (κ3) is 3.89. The van der Waals surface area contributed by atoms with Crippen molar-refractivity contribution in [2.75, 3.05) is 39.0 Å². The van der Waals surface area contributed by atoms with Crippen molar-refractivity contribution >= 4 is 27.3 Å². The molecule has 2 aliphatic heterocycles. The molecule has 9 heteroatoms. The van der Waals surface area contributed by atoms with Crippen LogP contribution in [-0.4, -0.2) is 67.6 Å². The van der Waals surface area contributed by atoms with E-state index < -0.39 is 15.4 Å². The fourth-order valence-electron chi connectivity index (χ4n) is 3.99. The van der Waals surface area contributed by atoms with Crippen molar-refractivity contribution in [3.8, 4) is 0 Å². The van der Waals surface area contributed by atoms with E-state index >= 15 is 0 Å². The zero-order valence-corrected chi connectivity index (χ0v) is 16.3. The number of hydrogen-bond donors (Lipinski definition) is 0. The van der Waals surface area contributed by atoms with E-state index in [1.165, 1.54) is 10.6 Å². The van der Waals surface area contributed by atoms with Gasteiger partial charge in [-0.3, -0.25) is 9.69 Å². The number of rotatable bonds is 5. The molecule has 3 heterocycles. The quantitative estimate of drug-likeness (QED) is 0.706. The molecule has 0 unspecified atom stereocenters. The predicted octanol–water partition coefficient (Wildman–Crippen LogP) is 1.18. The molecule has 0 amide bonds. The molecule has 3 rings (SSSR count). The van der Waals surface area contributed by atoms with E-state index in [2.05, 4.69) is 9.88 Å². The molecule has 0 aromatic carbocycles. The van der Waals surface area contributed by atoms with Gasteiger partial charge in [0.15, 0.2) is 0 Å². The van der Waals surface area contributed by atoms with Crippen molar-refractivity contribution in [2.24, 2.45) is 11.3 Å². The summed E-state index contributed by atoms with van der Waals surface area (Å²) in [4.78, 5) is 19.4. The van der Waals surface area contributed by atoms with Gasteiger partial charge in [0.25, 0.3) is 0 Å². The minimum atomic E-state index is -3.33. The second-order valence-electron chi connectivity index (χ2n) is 6.89. The SMILES string of the molecule is CCOC(=O)[C@]12CCCN(Cc3nccs3)C[C@H]1CN(S(C)(=O)=O)C2. The number of hydrogen-bond acceptors (Lipinski definition) is 7. The molecule has 0 aliphatic carbocycles. The van der Waals surface area contributed by atoms with E-state index in [1.807, 2.05) is 5.38 Å². The molecule has 2 fully saturated rings. The van der Waals surface area contributed by atoms with Crippen LogP contribution in [0.4, 0.5) is 0 Å². The van der Waals surface area contributed by atoms with Crippen LogP contribution in [0.15, 0.2) is 11.6 Å². The Morgan fingerprint density at radius 1 is 1.48 bits per heavy atom. The summed E-state index contributed by atoms with van der Waals surface area (Å²) >= 11 is 1.62. The highest BCUT2D eigenvalue weighted by atomic mass is 32.2. The number of sulfonamides is 1. The smallest absolute Gasteiger partial charge is 0.313 e. The zero-order chi connectivity index (χ0) is 18.1. The van der Waals surface area contributed by atoms with E-state index in [1.54, 1.807) is 24.5 Å². The molecule has 2 atom stereocenters. The molecule has 0 N–H and O–H groups in total. The van der Waals surface area contributed by atoms with Crippen LogP contribution in [0, 0.1) is 11.3 Å². The van der Waals surface area contributed by atoms with Crippen molar-refractivity contribution in [2.45, 2.75) is 26.3 Å². The number of likely N-dealkylation sites (tertiary alicyclic amines) is 1. The van der Waals surface area contributed by atoms with Gasteiger partial charge in [-0.15, -0.1) is 11.3 Å². The molecule has 2 aliphatic rings. The van der Waals surface area contributed by atoms with Gasteiger partial charge in [0, 0.05) is 37.1 Å². The second kappa shape index (κ2) is 7.30. The van der Waals surface area contributed by atoms with Gasteiger partial charge < -0.3 is 4.74 Å². The van der Waals surface area contributed by atoms with Gasteiger partial charge in [-0.1, -0.05) is 0 Å². The summed E-state index contributed by atoms with van der Waals surface area (Å²) in [7, 11) is -3.33. The van der Waals surface area contributed by atoms with E-state index in [0.717, 1.165) is 24.5 Å². The van der Waals surface area contributed by atoms with Gasteiger partial charge in [-0.05, 0) is 26.3 Å². The van der Waals surface area contributed by atoms with Crippen LogP contribution in [0.5, 0.6) is 0 Å². The first-order chi connectivity index (χ1) is 11.8. The fraction of sp³-hybridized carbons (Fsp3) is 0.750. The van der Waals surface area contributed by atoms with Crippen LogP contribution in [0.3, 0.4) is 0 Å². The maximum atomic E-state index is 12.8. The van der Waals surface area contributed by atoms with Gasteiger partial charge in [0.05, 0.1) is 24.8 Å². The van der Waals surface area contributed by atoms with E-state index in [-0.39, 0.29) is 18.4 Å². The number of aromatic nitrogens is 1. The van der Waals surface area contributed by atoms with Crippen molar-refractivity contribution in [1.82, 2.24) is 14.2 Å². The summed E-state index contributed by atoms with van der Waals surface area (Å²) in [6.07, 6.45) is 4.52. The van der Waals surface area contributed by atoms with E-state index in [0.29, 0.717) is 26.1 Å². The molecular formula is C16H25N3O4S2. The molecule has 2 saturated heterocycles. The number of thiazole rings is 1. The van der Waals surface area contributed by atoms with E-state index in [4.69, 9.17) is 4.74 Å². The molecule has 1 aromatic heterocycles. The molecule has 0 spiro atoms. The van der Waals surface area contributed by atoms with Crippen molar-refractivity contribution in [1.29, 1.82) is 0 Å². The van der Waals surface area contributed by atoms with Crippen LogP contribution >= 0.6 is 11.3 Å². The maximum Gasteiger partial charge on any atom is 0.313 e. The first-order valence-electron chi connectivity index (χ1n) is 8.58. The normalized spacial score (nSPS) is 28.5. The Hall–Kier alpha value is -1.03. The summed E-state index contributed by atoms with van der Waals surface area (Å²) in [5.74, 6) is -0.300. The highest BCUT2D eigenvalue weighted by molar-refractivity contribution is 7.88. The molecule has 25 heavy (non-hydrogen) atoms. The summed E-state index contributed by atoms with van der Waals surface area (Å²) in [5.41, 5.74) is -0.725.